The molecule has 2 aromatic heterocycles. The van der Waals surface area contributed by atoms with Gasteiger partial charge in [-0.2, -0.15) is 0 Å². The number of rotatable bonds is 9. The number of carbonyl (C=O) groups is 2. The lowest BCUT2D eigenvalue weighted by Crippen LogP contribution is -2.20. The molecule has 3 aromatic rings. The van der Waals surface area contributed by atoms with Gasteiger partial charge in [0.2, 0.25) is 11.5 Å². The number of pyridine rings is 1. The normalized spacial score (nSPS) is 11.5. The van der Waals surface area contributed by atoms with Crippen molar-refractivity contribution in [3.05, 3.63) is 99.4 Å². The third-order valence-corrected chi connectivity index (χ3v) is 4.90. The Morgan fingerprint density at radius 3 is 2.70 bits per heavy atom. The molecule has 0 unspecified atom stereocenters. The maximum atomic E-state index is 12.8. The summed E-state index contributed by atoms with van der Waals surface area (Å²) in [6, 6.07) is 12.5. The van der Waals surface area contributed by atoms with Crippen LogP contribution in [0.4, 0.5) is 5.69 Å². The predicted molar refractivity (Wildman–Crippen MR) is 129 cm³/mol. The van der Waals surface area contributed by atoms with Gasteiger partial charge in [0.15, 0.2) is 0 Å². The molecule has 1 aromatic carbocycles. The smallest absolute Gasteiger partial charge is 0.251 e. The Morgan fingerprint density at radius 1 is 1.15 bits per heavy atom. The minimum Gasteiger partial charge on any atom is -0.464 e. The number of amides is 2. The number of H-pyrrole nitrogens is 1. The zero-order valence-electron chi connectivity index (χ0n) is 18.7. The summed E-state index contributed by atoms with van der Waals surface area (Å²) in [5.41, 5.74) is 3.69. The molecular formula is C26H27N3O4. The van der Waals surface area contributed by atoms with Gasteiger partial charge in [0.1, 0.15) is 5.76 Å². The van der Waals surface area contributed by atoms with Crippen LogP contribution < -0.4 is 16.2 Å². The number of hydrogen-bond acceptors (Lipinski definition) is 4. The molecule has 170 valence electrons. The number of aromatic amines is 1. The lowest BCUT2D eigenvalue weighted by Gasteiger charge is -2.10. The van der Waals surface area contributed by atoms with Crippen LogP contribution in [0, 0.1) is 6.92 Å². The number of aryl methyl sites for hydroxylation is 1. The van der Waals surface area contributed by atoms with E-state index in [1.807, 2.05) is 38.1 Å². The van der Waals surface area contributed by atoms with Gasteiger partial charge in [-0.3, -0.25) is 14.4 Å². The van der Waals surface area contributed by atoms with E-state index < -0.39 is 0 Å². The van der Waals surface area contributed by atoms with Crippen molar-refractivity contribution in [3.8, 4) is 0 Å². The summed E-state index contributed by atoms with van der Waals surface area (Å²) in [7, 11) is 0. The number of nitrogens with one attached hydrogen (secondary N) is 3. The van der Waals surface area contributed by atoms with Gasteiger partial charge in [-0.05, 0) is 48.8 Å². The first-order valence-corrected chi connectivity index (χ1v) is 10.7. The van der Waals surface area contributed by atoms with E-state index in [0.29, 0.717) is 29.9 Å². The molecule has 2 amide bonds. The van der Waals surface area contributed by atoms with Crippen LogP contribution in [0.5, 0.6) is 0 Å². The second-order valence-corrected chi connectivity index (χ2v) is 7.58. The third kappa shape index (κ3) is 7.21. The number of benzene rings is 1. The van der Waals surface area contributed by atoms with Gasteiger partial charge < -0.3 is 20.0 Å². The number of aromatic nitrogens is 1. The van der Waals surface area contributed by atoms with Crippen LogP contribution >= 0.6 is 0 Å². The Kier molecular flexibility index (Phi) is 8.18. The Balaban J connectivity index is 1.62. The Hall–Kier alpha value is -4.13. The van der Waals surface area contributed by atoms with Crippen molar-refractivity contribution in [1.82, 2.24) is 10.3 Å². The van der Waals surface area contributed by atoms with Crippen molar-refractivity contribution < 1.29 is 14.0 Å². The highest BCUT2D eigenvalue weighted by molar-refractivity contribution is 6.06. The highest BCUT2D eigenvalue weighted by Crippen LogP contribution is 2.19. The van der Waals surface area contributed by atoms with Crippen molar-refractivity contribution in [2.24, 2.45) is 0 Å². The van der Waals surface area contributed by atoms with E-state index in [2.05, 4.69) is 15.6 Å². The fraction of sp³-hybridized carbons (Fsp3) is 0.192. The Labute approximate surface area is 192 Å². The fourth-order valence-corrected chi connectivity index (χ4v) is 3.11. The van der Waals surface area contributed by atoms with Gasteiger partial charge in [-0.1, -0.05) is 37.6 Å². The number of carbonyl (C=O) groups excluding carboxylic acids is 2. The molecule has 0 aliphatic rings. The largest absolute Gasteiger partial charge is 0.464 e. The average Bonchev–Trinajstić information content (AvgIpc) is 3.26. The molecule has 0 fully saturated rings. The second kappa shape index (κ2) is 11.5. The maximum Gasteiger partial charge on any atom is 0.251 e. The number of anilines is 1. The molecule has 3 N–H and O–H groups in total. The summed E-state index contributed by atoms with van der Waals surface area (Å²) in [6.07, 6.45) is 9.28. The van der Waals surface area contributed by atoms with Crippen LogP contribution in [-0.4, -0.2) is 16.8 Å². The van der Waals surface area contributed by atoms with Crippen molar-refractivity contribution in [3.63, 3.8) is 0 Å². The summed E-state index contributed by atoms with van der Waals surface area (Å²) in [5, 5.41) is 5.70. The van der Waals surface area contributed by atoms with E-state index in [1.54, 1.807) is 30.5 Å². The molecule has 3 rings (SSSR count). The Morgan fingerprint density at radius 2 is 1.97 bits per heavy atom. The van der Waals surface area contributed by atoms with E-state index in [1.165, 1.54) is 18.4 Å². The zero-order chi connectivity index (χ0) is 23.6. The van der Waals surface area contributed by atoms with Gasteiger partial charge >= 0.3 is 0 Å². The molecule has 0 atom stereocenters. The van der Waals surface area contributed by atoms with Crippen LogP contribution in [0.1, 0.15) is 42.2 Å². The minimum atomic E-state index is -0.274. The van der Waals surface area contributed by atoms with Gasteiger partial charge in [0, 0.05) is 41.7 Å². The number of hydrogen-bond donors (Lipinski definition) is 3. The molecule has 0 saturated carbocycles. The zero-order valence-corrected chi connectivity index (χ0v) is 18.7. The van der Waals surface area contributed by atoms with Crippen molar-refractivity contribution in [1.29, 1.82) is 0 Å². The molecule has 0 aliphatic carbocycles. The van der Waals surface area contributed by atoms with Crippen LogP contribution in [0.15, 0.2) is 75.8 Å². The molecule has 33 heavy (non-hydrogen) atoms. The van der Waals surface area contributed by atoms with Crippen LogP contribution in [0.3, 0.4) is 0 Å². The van der Waals surface area contributed by atoms with Crippen molar-refractivity contribution >= 4 is 29.7 Å². The van der Waals surface area contributed by atoms with Crippen molar-refractivity contribution in [2.75, 3.05) is 5.32 Å². The quantitative estimate of drug-likeness (QED) is 0.424. The van der Waals surface area contributed by atoms with E-state index in [4.69, 9.17) is 4.42 Å². The van der Waals surface area contributed by atoms with Crippen LogP contribution in [0.2, 0.25) is 0 Å². The monoisotopic (exact) mass is 445 g/mol. The van der Waals surface area contributed by atoms with Crippen molar-refractivity contribution in [2.45, 2.75) is 33.2 Å². The van der Waals surface area contributed by atoms with Gasteiger partial charge in [0.25, 0.3) is 5.91 Å². The summed E-state index contributed by atoms with van der Waals surface area (Å²) in [4.78, 5) is 38.5. The minimum absolute atomic E-state index is 0.165. The number of para-hydroxylation sites is 1. The summed E-state index contributed by atoms with van der Waals surface area (Å²) in [5.74, 6) is 0.0942. The molecule has 7 nitrogen and oxygen atoms in total. The van der Waals surface area contributed by atoms with Crippen LogP contribution in [0.25, 0.3) is 12.2 Å². The van der Waals surface area contributed by atoms with E-state index in [9.17, 15) is 14.4 Å². The van der Waals surface area contributed by atoms with Crippen LogP contribution in [-0.2, 0) is 16.1 Å². The lowest BCUT2D eigenvalue weighted by atomic mass is 10.1. The predicted octanol–water partition coefficient (Wildman–Crippen LogP) is 4.43. The maximum absolute atomic E-state index is 12.8. The molecule has 0 radical (unpaired) electrons. The molecule has 2 heterocycles. The first kappa shape index (κ1) is 23.5. The number of furan rings is 1. The molecular weight excluding hydrogens is 418 g/mol. The fourth-order valence-electron chi connectivity index (χ4n) is 3.11. The first-order chi connectivity index (χ1) is 15.9. The summed E-state index contributed by atoms with van der Waals surface area (Å²) >= 11 is 0. The highest BCUT2D eigenvalue weighted by Gasteiger charge is 2.11. The summed E-state index contributed by atoms with van der Waals surface area (Å²) < 4.78 is 5.57. The SMILES string of the molecule is CCC/C(=C\c1cc(/C=C/C(=O)NCc2ccc(=O)[nH]c2)co1)C(=O)Nc1ccccc1C. The third-order valence-electron chi connectivity index (χ3n) is 4.90. The Bertz CT molecular complexity index is 1210. The topological polar surface area (TPSA) is 104 Å². The molecule has 0 bridgehead atoms. The van der Waals surface area contributed by atoms with Gasteiger partial charge in [0.05, 0.1) is 6.26 Å². The van der Waals surface area contributed by atoms with E-state index >= 15 is 0 Å². The molecule has 0 saturated heterocycles. The average molecular weight is 446 g/mol. The summed E-state index contributed by atoms with van der Waals surface area (Å²) in [6.45, 7) is 4.26. The molecule has 7 heteroatoms. The van der Waals surface area contributed by atoms with Gasteiger partial charge in [-0.15, -0.1) is 0 Å². The molecule has 0 aliphatic heterocycles. The van der Waals surface area contributed by atoms with E-state index in [0.717, 1.165) is 23.2 Å². The lowest BCUT2D eigenvalue weighted by molar-refractivity contribution is -0.116. The second-order valence-electron chi connectivity index (χ2n) is 7.58. The van der Waals surface area contributed by atoms with Gasteiger partial charge in [-0.25, -0.2) is 0 Å². The standard InChI is InChI=1S/C26H27N3O4/c1-3-6-21(26(32)29-23-8-5-4-7-18(23)2)14-22-13-19(17-33-22)9-11-24(30)27-15-20-10-12-25(31)28-16-20/h4-5,7-14,16-17H,3,6,15H2,1-2H3,(H,27,30)(H,28,31)(H,29,32)/b11-9+,21-14+. The van der Waals surface area contributed by atoms with E-state index in [-0.39, 0.29) is 17.4 Å². The first-order valence-electron chi connectivity index (χ1n) is 10.7. The highest BCUT2D eigenvalue weighted by atomic mass is 16.3. The molecule has 0 spiro atoms.